The van der Waals surface area contributed by atoms with Gasteiger partial charge in [0.15, 0.2) is 0 Å². The molecule has 1 aliphatic carbocycles. The summed E-state index contributed by atoms with van der Waals surface area (Å²) in [6.45, 7) is 4.72. The molecule has 10 rings (SSSR count). The van der Waals surface area contributed by atoms with Gasteiger partial charge >= 0.3 is 0 Å². The average molecular weight is 607 g/mol. The Morgan fingerprint density at radius 3 is 2.32 bits per heavy atom. The second-order valence-corrected chi connectivity index (χ2v) is 13.7. The van der Waals surface area contributed by atoms with Crippen LogP contribution in [-0.4, -0.2) is 26.8 Å². The first kappa shape index (κ1) is 26.7. The Labute approximate surface area is 273 Å². The summed E-state index contributed by atoms with van der Waals surface area (Å²) in [5, 5.41) is 4.98. The molecule has 0 saturated carbocycles. The summed E-state index contributed by atoms with van der Waals surface area (Å²) < 4.78 is 4.88. The van der Waals surface area contributed by atoms with Crippen molar-refractivity contribution in [1.29, 1.82) is 0 Å². The Balaban J connectivity index is 1.34. The van der Waals surface area contributed by atoms with Crippen molar-refractivity contribution >= 4 is 55.3 Å². The summed E-state index contributed by atoms with van der Waals surface area (Å²) in [6, 6.07) is 40.0. The van der Waals surface area contributed by atoms with Gasteiger partial charge in [0.2, 0.25) is 5.96 Å². The number of aromatic nitrogens is 2. The lowest BCUT2D eigenvalue weighted by atomic mass is 9.75. The standard InChI is InChI=1S/C43H34N4/c1-43(2)32-20-10-12-23-37(32)46-38-25-24-30-29-18-9-11-22-36(29)47(41(30)39(38)31-19-13-21-33(43)40(31)46)42-44-34(27-14-5-3-6-15-27)26-35(45-42)28-16-7-4-8-17-28/h3-16,18-25,28,35H,17,26H2,1-2H3. The van der Waals surface area contributed by atoms with E-state index in [9.17, 15) is 0 Å². The van der Waals surface area contributed by atoms with Crippen LogP contribution < -0.4 is 0 Å². The van der Waals surface area contributed by atoms with Crippen molar-refractivity contribution in [2.24, 2.45) is 15.9 Å². The first-order valence-corrected chi connectivity index (χ1v) is 16.7. The van der Waals surface area contributed by atoms with Crippen molar-refractivity contribution in [2.45, 2.75) is 38.1 Å². The summed E-state index contributed by atoms with van der Waals surface area (Å²) in [5.41, 5.74) is 10.9. The van der Waals surface area contributed by atoms with Gasteiger partial charge in [-0.05, 0) is 41.3 Å². The van der Waals surface area contributed by atoms with Gasteiger partial charge in [-0.15, -0.1) is 0 Å². The van der Waals surface area contributed by atoms with E-state index in [1.165, 1.54) is 54.9 Å². The third kappa shape index (κ3) is 3.70. The molecule has 5 aromatic carbocycles. The van der Waals surface area contributed by atoms with Crippen molar-refractivity contribution in [3.05, 3.63) is 150 Å². The maximum Gasteiger partial charge on any atom is 0.230 e. The molecule has 2 unspecified atom stereocenters. The lowest BCUT2D eigenvalue weighted by Gasteiger charge is -2.34. The molecule has 2 aliphatic heterocycles. The van der Waals surface area contributed by atoms with Crippen LogP contribution in [0, 0.1) is 5.92 Å². The molecule has 0 N–H and O–H groups in total. The van der Waals surface area contributed by atoms with Crippen LogP contribution in [0.25, 0.3) is 49.3 Å². The quantitative estimate of drug-likeness (QED) is 0.188. The molecule has 0 radical (unpaired) electrons. The molecule has 0 fully saturated rings. The van der Waals surface area contributed by atoms with E-state index in [0.717, 1.165) is 35.6 Å². The Hall–Kier alpha value is -5.48. The molecule has 4 heterocycles. The Morgan fingerprint density at radius 1 is 0.660 bits per heavy atom. The highest BCUT2D eigenvalue weighted by molar-refractivity contribution is 6.29. The third-order valence-electron chi connectivity index (χ3n) is 10.8. The number of fused-ring (bicyclic) bond motifs is 9. The molecule has 226 valence electrons. The molecule has 0 bridgehead atoms. The van der Waals surface area contributed by atoms with Crippen LogP contribution in [0.15, 0.2) is 143 Å². The summed E-state index contributed by atoms with van der Waals surface area (Å²) >= 11 is 0. The van der Waals surface area contributed by atoms with E-state index < -0.39 is 0 Å². The Morgan fingerprint density at radius 2 is 1.45 bits per heavy atom. The van der Waals surface area contributed by atoms with Crippen LogP contribution >= 0.6 is 0 Å². The number of nitrogens with zero attached hydrogens (tertiary/aromatic N) is 4. The van der Waals surface area contributed by atoms with Crippen LogP contribution in [0.1, 0.15) is 43.4 Å². The second kappa shape index (κ2) is 9.76. The molecule has 7 aromatic rings. The number of hydrogen-bond donors (Lipinski definition) is 0. The monoisotopic (exact) mass is 606 g/mol. The van der Waals surface area contributed by atoms with Crippen molar-refractivity contribution in [1.82, 2.24) is 9.13 Å². The Kier molecular flexibility index (Phi) is 5.55. The zero-order valence-corrected chi connectivity index (χ0v) is 26.6. The third-order valence-corrected chi connectivity index (χ3v) is 10.8. The molecular weight excluding hydrogens is 573 g/mol. The van der Waals surface area contributed by atoms with E-state index in [-0.39, 0.29) is 11.5 Å². The van der Waals surface area contributed by atoms with Gasteiger partial charge in [-0.3, -0.25) is 4.57 Å². The Bertz CT molecular complexity index is 2550. The summed E-state index contributed by atoms with van der Waals surface area (Å²) in [4.78, 5) is 11.0. The van der Waals surface area contributed by atoms with E-state index >= 15 is 0 Å². The lowest BCUT2D eigenvalue weighted by molar-refractivity contribution is 0.513. The van der Waals surface area contributed by atoms with Gasteiger partial charge in [0.05, 0.1) is 39.5 Å². The van der Waals surface area contributed by atoms with Gasteiger partial charge in [0.1, 0.15) is 0 Å². The number of para-hydroxylation sites is 3. The molecule has 0 saturated heterocycles. The number of benzene rings is 5. The molecule has 3 aliphatic rings. The number of aliphatic imine (C=N–C) groups is 2. The SMILES string of the molecule is CC1(C)c2ccccc2-n2c3ccc4c5ccccc5n(C5=NC(C6C=CC=CC6)CC(c6ccccc6)=N5)c4c3c3cccc1c32. The highest BCUT2D eigenvalue weighted by Crippen LogP contribution is 2.49. The van der Waals surface area contributed by atoms with E-state index in [4.69, 9.17) is 9.98 Å². The molecular formula is C43H34N4. The zero-order valence-electron chi connectivity index (χ0n) is 26.6. The average Bonchev–Trinajstić information content (AvgIpc) is 3.65. The van der Waals surface area contributed by atoms with Gasteiger partial charge in [0.25, 0.3) is 0 Å². The van der Waals surface area contributed by atoms with Crippen molar-refractivity contribution < 1.29 is 0 Å². The van der Waals surface area contributed by atoms with Crippen LogP contribution in [0.2, 0.25) is 0 Å². The minimum atomic E-state index is -0.121. The van der Waals surface area contributed by atoms with E-state index in [2.05, 4.69) is 156 Å². The molecule has 0 spiro atoms. The maximum atomic E-state index is 5.53. The van der Waals surface area contributed by atoms with E-state index in [1.807, 2.05) is 0 Å². The zero-order chi connectivity index (χ0) is 31.3. The predicted molar refractivity (Wildman–Crippen MR) is 197 cm³/mol. The van der Waals surface area contributed by atoms with Gasteiger partial charge in [-0.25, -0.2) is 9.98 Å². The summed E-state index contributed by atoms with van der Waals surface area (Å²) in [7, 11) is 0. The first-order chi connectivity index (χ1) is 23.1. The summed E-state index contributed by atoms with van der Waals surface area (Å²) in [6.07, 6.45) is 10.7. The molecule has 0 amide bonds. The van der Waals surface area contributed by atoms with Gasteiger partial charge in [-0.1, -0.05) is 129 Å². The molecule has 2 atom stereocenters. The molecule has 47 heavy (non-hydrogen) atoms. The smallest absolute Gasteiger partial charge is 0.230 e. The van der Waals surface area contributed by atoms with Crippen molar-refractivity contribution in [2.75, 3.05) is 0 Å². The van der Waals surface area contributed by atoms with Crippen LogP contribution in [0.3, 0.4) is 0 Å². The largest absolute Gasteiger partial charge is 0.309 e. The van der Waals surface area contributed by atoms with Gasteiger partial charge < -0.3 is 4.57 Å². The fourth-order valence-electron chi connectivity index (χ4n) is 8.55. The van der Waals surface area contributed by atoms with E-state index in [1.54, 1.807) is 0 Å². The van der Waals surface area contributed by atoms with Crippen LogP contribution in [-0.2, 0) is 5.41 Å². The topological polar surface area (TPSA) is 34.6 Å². The van der Waals surface area contributed by atoms with Crippen LogP contribution in [0.5, 0.6) is 0 Å². The van der Waals surface area contributed by atoms with Crippen LogP contribution in [0.4, 0.5) is 0 Å². The lowest BCUT2D eigenvalue weighted by Crippen LogP contribution is -2.29. The normalized spacial score (nSPS) is 19.8. The molecule has 4 nitrogen and oxygen atoms in total. The highest BCUT2D eigenvalue weighted by Gasteiger charge is 2.36. The first-order valence-electron chi connectivity index (χ1n) is 16.7. The second-order valence-electron chi connectivity index (χ2n) is 13.7. The van der Waals surface area contributed by atoms with Crippen molar-refractivity contribution in [3.8, 4) is 5.69 Å². The minimum absolute atomic E-state index is 0.0945. The number of rotatable bonds is 2. The molecule has 4 heteroatoms. The van der Waals surface area contributed by atoms with Crippen molar-refractivity contribution in [3.63, 3.8) is 0 Å². The van der Waals surface area contributed by atoms with Gasteiger partial charge in [-0.2, -0.15) is 0 Å². The number of allylic oxidation sites excluding steroid dienone is 3. The fraction of sp³-hybridized carbons (Fsp3) is 0.163. The maximum absolute atomic E-state index is 5.53. The summed E-state index contributed by atoms with van der Waals surface area (Å²) in [5.74, 6) is 1.10. The fourth-order valence-corrected chi connectivity index (χ4v) is 8.55. The number of hydrogen-bond acceptors (Lipinski definition) is 2. The minimum Gasteiger partial charge on any atom is -0.309 e. The van der Waals surface area contributed by atoms with E-state index in [0.29, 0.717) is 5.92 Å². The highest BCUT2D eigenvalue weighted by atomic mass is 15.2. The van der Waals surface area contributed by atoms with Gasteiger partial charge in [0, 0.05) is 39.3 Å². The predicted octanol–water partition coefficient (Wildman–Crippen LogP) is 10.1. The molecule has 2 aromatic heterocycles.